The van der Waals surface area contributed by atoms with Crippen molar-refractivity contribution in [3.63, 3.8) is 0 Å². The molecule has 0 unspecified atom stereocenters. The zero-order valence-electron chi connectivity index (χ0n) is 13.3. The Kier molecular flexibility index (Phi) is 6.10. The third-order valence-corrected chi connectivity index (χ3v) is 3.12. The van der Waals surface area contributed by atoms with Crippen molar-refractivity contribution in [2.75, 3.05) is 6.61 Å². The Morgan fingerprint density at radius 2 is 1.88 bits per heavy atom. The number of benzene rings is 1. The van der Waals surface area contributed by atoms with E-state index in [-0.39, 0.29) is 12.4 Å². The van der Waals surface area contributed by atoms with Gasteiger partial charge < -0.3 is 14.2 Å². The minimum Gasteiger partial charge on any atom is -0.463 e. The van der Waals surface area contributed by atoms with E-state index in [1.54, 1.807) is 24.3 Å². The van der Waals surface area contributed by atoms with Gasteiger partial charge in [-0.3, -0.25) is 9.59 Å². The fourth-order valence-electron chi connectivity index (χ4n) is 2.06. The molecule has 3 atom stereocenters. The quantitative estimate of drug-likeness (QED) is 0.481. The van der Waals surface area contributed by atoms with Crippen molar-refractivity contribution in [2.24, 2.45) is 0 Å². The standard InChI is InChI=1S/C18H17FO5/c1-12(20)22-11-18-17(23-13(2)21)10-9-16(24-18)8-5-14-3-6-15(19)7-4-14/h3-4,6-7,9-10,16-18H,11H2,1-2H3/t16-,17+,18-/m1/s1. The molecule has 0 amide bonds. The summed E-state index contributed by atoms with van der Waals surface area (Å²) in [5, 5.41) is 0. The largest absolute Gasteiger partial charge is 0.463 e. The summed E-state index contributed by atoms with van der Waals surface area (Å²) in [4.78, 5) is 22.1. The van der Waals surface area contributed by atoms with E-state index < -0.39 is 30.3 Å². The van der Waals surface area contributed by atoms with E-state index in [0.717, 1.165) is 0 Å². The van der Waals surface area contributed by atoms with Gasteiger partial charge in [-0.1, -0.05) is 11.8 Å². The minimum absolute atomic E-state index is 0.0493. The van der Waals surface area contributed by atoms with Crippen molar-refractivity contribution in [1.29, 1.82) is 0 Å². The number of ether oxygens (including phenoxy) is 3. The van der Waals surface area contributed by atoms with Gasteiger partial charge in [-0.05, 0) is 36.4 Å². The predicted octanol–water partition coefficient (Wildman–Crippen LogP) is 2.00. The van der Waals surface area contributed by atoms with Gasteiger partial charge in [0.25, 0.3) is 0 Å². The SMILES string of the molecule is CC(=O)OC[C@H]1O[C@H](C#Cc2ccc(F)cc2)C=C[C@@H]1OC(C)=O. The van der Waals surface area contributed by atoms with E-state index in [4.69, 9.17) is 14.2 Å². The lowest BCUT2D eigenvalue weighted by Crippen LogP contribution is -2.41. The van der Waals surface area contributed by atoms with Crippen LogP contribution < -0.4 is 0 Å². The van der Waals surface area contributed by atoms with E-state index >= 15 is 0 Å². The van der Waals surface area contributed by atoms with Crippen molar-refractivity contribution in [1.82, 2.24) is 0 Å². The first-order valence-electron chi connectivity index (χ1n) is 7.35. The Hall–Kier alpha value is -2.65. The van der Waals surface area contributed by atoms with Crippen molar-refractivity contribution < 1.29 is 28.2 Å². The van der Waals surface area contributed by atoms with Crippen molar-refractivity contribution in [3.8, 4) is 11.8 Å². The van der Waals surface area contributed by atoms with Gasteiger partial charge in [0.2, 0.25) is 0 Å². The Balaban J connectivity index is 2.08. The topological polar surface area (TPSA) is 61.8 Å². The van der Waals surface area contributed by atoms with Crippen LogP contribution in [0.4, 0.5) is 4.39 Å². The van der Waals surface area contributed by atoms with Gasteiger partial charge in [0, 0.05) is 19.4 Å². The molecule has 1 aliphatic heterocycles. The molecule has 126 valence electrons. The maximum absolute atomic E-state index is 12.9. The number of esters is 2. The Morgan fingerprint density at radius 1 is 1.17 bits per heavy atom. The molecule has 1 aromatic carbocycles. The number of halogens is 1. The molecule has 0 bridgehead atoms. The van der Waals surface area contributed by atoms with Crippen LogP contribution in [-0.4, -0.2) is 36.9 Å². The Morgan fingerprint density at radius 3 is 2.50 bits per heavy atom. The number of hydrogen-bond donors (Lipinski definition) is 0. The predicted molar refractivity (Wildman–Crippen MR) is 83.3 cm³/mol. The van der Waals surface area contributed by atoms with Crippen molar-refractivity contribution in [2.45, 2.75) is 32.2 Å². The minimum atomic E-state index is -0.647. The van der Waals surface area contributed by atoms with E-state index in [0.29, 0.717) is 5.56 Å². The van der Waals surface area contributed by atoms with Crippen LogP contribution in [0, 0.1) is 17.7 Å². The molecule has 0 aliphatic carbocycles. The molecule has 6 heteroatoms. The van der Waals surface area contributed by atoms with Gasteiger partial charge >= 0.3 is 11.9 Å². The smallest absolute Gasteiger partial charge is 0.303 e. The number of rotatable bonds is 3. The summed E-state index contributed by atoms with van der Waals surface area (Å²) in [6.45, 7) is 2.52. The molecule has 1 heterocycles. The summed E-state index contributed by atoms with van der Waals surface area (Å²) in [6, 6.07) is 5.77. The number of carbonyl (C=O) groups excluding carboxylic acids is 2. The van der Waals surface area contributed by atoms with Crippen molar-refractivity contribution in [3.05, 3.63) is 47.8 Å². The van der Waals surface area contributed by atoms with Crippen LogP contribution in [-0.2, 0) is 23.8 Å². The van der Waals surface area contributed by atoms with Crippen molar-refractivity contribution >= 4 is 11.9 Å². The third kappa shape index (κ3) is 5.52. The van der Waals surface area contributed by atoms with Crippen LogP contribution in [0.25, 0.3) is 0 Å². The molecular weight excluding hydrogens is 315 g/mol. The second-order valence-corrected chi connectivity index (χ2v) is 5.13. The molecule has 0 saturated carbocycles. The van der Waals surface area contributed by atoms with Gasteiger partial charge in [-0.25, -0.2) is 4.39 Å². The van der Waals surface area contributed by atoms with Crippen LogP contribution in [0.3, 0.4) is 0 Å². The average Bonchev–Trinajstić information content (AvgIpc) is 2.53. The van der Waals surface area contributed by atoms with Gasteiger partial charge in [0.05, 0.1) is 0 Å². The van der Waals surface area contributed by atoms with Gasteiger partial charge in [0.1, 0.15) is 30.7 Å². The lowest BCUT2D eigenvalue weighted by atomic mass is 10.1. The normalized spacial score (nSPS) is 22.2. The Labute approximate surface area is 139 Å². The Bertz CT molecular complexity index is 684. The molecule has 0 fully saturated rings. The molecule has 0 saturated heterocycles. The van der Waals surface area contributed by atoms with Crippen LogP contribution in [0.1, 0.15) is 19.4 Å². The molecule has 0 radical (unpaired) electrons. The highest BCUT2D eigenvalue weighted by Crippen LogP contribution is 2.17. The lowest BCUT2D eigenvalue weighted by molar-refractivity contribution is -0.161. The molecule has 24 heavy (non-hydrogen) atoms. The van der Waals surface area contributed by atoms with Crippen LogP contribution in [0.2, 0.25) is 0 Å². The summed E-state index contributed by atoms with van der Waals surface area (Å²) in [6.07, 6.45) is 1.47. The molecule has 2 rings (SSSR count). The molecular formula is C18H17FO5. The second-order valence-electron chi connectivity index (χ2n) is 5.13. The highest BCUT2D eigenvalue weighted by Gasteiger charge is 2.29. The first-order chi connectivity index (χ1) is 11.4. The molecule has 1 aliphatic rings. The van der Waals surface area contributed by atoms with E-state index in [2.05, 4.69) is 11.8 Å². The number of hydrogen-bond acceptors (Lipinski definition) is 5. The molecule has 1 aromatic rings. The summed E-state index contributed by atoms with van der Waals surface area (Å²) >= 11 is 0. The van der Waals surface area contributed by atoms with E-state index in [1.165, 1.54) is 26.0 Å². The highest BCUT2D eigenvalue weighted by molar-refractivity contribution is 5.67. The van der Waals surface area contributed by atoms with Crippen LogP contribution in [0.5, 0.6) is 0 Å². The highest BCUT2D eigenvalue weighted by atomic mass is 19.1. The summed E-state index contributed by atoms with van der Waals surface area (Å²) in [5.41, 5.74) is 0.645. The maximum atomic E-state index is 12.9. The molecule has 5 nitrogen and oxygen atoms in total. The van der Waals surface area contributed by atoms with Gasteiger partial charge in [-0.15, -0.1) is 0 Å². The van der Waals surface area contributed by atoms with E-state index in [1.807, 2.05) is 0 Å². The summed E-state index contributed by atoms with van der Waals surface area (Å²) in [5.74, 6) is 4.51. The second kappa shape index (κ2) is 8.27. The van der Waals surface area contributed by atoms with Crippen LogP contribution in [0.15, 0.2) is 36.4 Å². The number of carbonyl (C=O) groups is 2. The van der Waals surface area contributed by atoms with Gasteiger partial charge in [-0.2, -0.15) is 0 Å². The maximum Gasteiger partial charge on any atom is 0.303 e. The fourth-order valence-corrected chi connectivity index (χ4v) is 2.06. The first-order valence-corrected chi connectivity index (χ1v) is 7.35. The summed E-state index contributed by atoms with van der Waals surface area (Å²) < 4.78 is 28.6. The fraction of sp³-hybridized carbons (Fsp3) is 0.333. The summed E-state index contributed by atoms with van der Waals surface area (Å²) in [7, 11) is 0. The third-order valence-electron chi connectivity index (χ3n) is 3.12. The molecule has 0 spiro atoms. The average molecular weight is 332 g/mol. The van der Waals surface area contributed by atoms with Crippen LogP contribution >= 0.6 is 0 Å². The lowest BCUT2D eigenvalue weighted by Gasteiger charge is -2.29. The van der Waals surface area contributed by atoms with Gasteiger partial charge in [0.15, 0.2) is 0 Å². The zero-order chi connectivity index (χ0) is 17.5. The van der Waals surface area contributed by atoms with E-state index in [9.17, 15) is 14.0 Å². The molecule has 0 aromatic heterocycles. The molecule has 0 N–H and O–H groups in total. The zero-order valence-corrected chi connectivity index (χ0v) is 13.3. The first kappa shape index (κ1) is 17.7. The monoisotopic (exact) mass is 332 g/mol.